The van der Waals surface area contributed by atoms with Gasteiger partial charge in [0.15, 0.2) is 16.6 Å². The minimum atomic E-state index is -2.13. The van der Waals surface area contributed by atoms with Crippen molar-refractivity contribution in [3.63, 3.8) is 0 Å². The number of hydrogen-bond acceptors (Lipinski definition) is 5. The molecule has 3 atom stereocenters. The third kappa shape index (κ3) is 7.52. The van der Waals surface area contributed by atoms with E-state index in [9.17, 15) is 9.90 Å². The van der Waals surface area contributed by atoms with Crippen LogP contribution in [0.3, 0.4) is 0 Å². The van der Waals surface area contributed by atoms with E-state index in [4.69, 9.17) is 13.6 Å². The Morgan fingerprint density at radius 3 is 1.81 bits per heavy atom. The molecule has 0 heterocycles. The number of esters is 1. The van der Waals surface area contributed by atoms with Crippen molar-refractivity contribution in [2.45, 2.75) is 141 Å². The van der Waals surface area contributed by atoms with Crippen LogP contribution in [0.15, 0.2) is 12.2 Å². The lowest BCUT2D eigenvalue weighted by Gasteiger charge is -2.49. The maximum Gasteiger partial charge on any atom is 0.309 e. The van der Waals surface area contributed by atoms with E-state index >= 15 is 0 Å². The van der Waals surface area contributed by atoms with Gasteiger partial charge in [0.05, 0.1) is 18.6 Å². The zero-order valence-corrected chi connectivity index (χ0v) is 25.1. The SMILES string of the molecule is C=C1[C@@H](O[Si](C)(C)C(C)(C)C)C[C@H](O[Si](C)(C)C(C)(C)C)CC1(O)CC(=O)OC(C)(C)C. The van der Waals surface area contributed by atoms with Crippen molar-refractivity contribution in [3.8, 4) is 0 Å². The van der Waals surface area contributed by atoms with Gasteiger partial charge in [0, 0.05) is 12.8 Å². The Morgan fingerprint density at radius 1 is 0.969 bits per heavy atom. The fourth-order valence-electron chi connectivity index (χ4n) is 3.41. The average Bonchev–Trinajstić information content (AvgIpc) is 2.46. The number of aliphatic hydroxyl groups is 1. The highest BCUT2D eigenvalue weighted by molar-refractivity contribution is 6.74. The molecule has 0 aromatic heterocycles. The van der Waals surface area contributed by atoms with Crippen LogP contribution < -0.4 is 0 Å². The molecule has 1 unspecified atom stereocenters. The summed E-state index contributed by atoms with van der Waals surface area (Å²) in [6.45, 7) is 31.8. The molecule has 0 spiro atoms. The third-order valence-electron chi connectivity index (χ3n) is 7.40. The quantitative estimate of drug-likeness (QED) is 0.261. The molecule has 1 N–H and O–H groups in total. The fourth-order valence-corrected chi connectivity index (χ4v) is 6.08. The summed E-state index contributed by atoms with van der Waals surface area (Å²) >= 11 is 0. The van der Waals surface area contributed by atoms with Crippen LogP contribution in [-0.4, -0.2) is 51.1 Å². The van der Waals surface area contributed by atoms with Crippen LogP contribution in [0.1, 0.15) is 81.6 Å². The van der Waals surface area contributed by atoms with Gasteiger partial charge in [-0.05, 0) is 62.6 Å². The highest BCUT2D eigenvalue weighted by atomic mass is 28.4. The number of hydrogen-bond donors (Lipinski definition) is 1. The first-order valence-corrected chi connectivity index (χ1v) is 17.7. The summed E-state index contributed by atoms with van der Waals surface area (Å²) in [6, 6.07) is 0. The summed E-state index contributed by atoms with van der Waals surface area (Å²) in [6.07, 6.45) is 0.275. The lowest BCUT2D eigenvalue weighted by molar-refractivity contribution is -0.161. The molecule has 0 saturated heterocycles. The maximum absolute atomic E-state index is 12.7. The van der Waals surface area contributed by atoms with E-state index < -0.39 is 33.8 Å². The lowest BCUT2D eigenvalue weighted by Crippen LogP contribution is -2.55. The fraction of sp³-hybridized carbons (Fsp3) is 0.880. The van der Waals surface area contributed by atoms with Crippen molar-refractivity contribution in [2.24, 2.45) is 0 Å². The van der Waals surface area contributed by atoms with E-state index in [1.165, 1.54) is 0 Å². The van der Waals surface area contributed by atoms with Crippen molar-refractivity contribution in [2.75, 3.05) is 0 Å². The first-order chi connectivity index (χ1) is 13.9. The Balaban J connectivity index is 3.28. The maximum atomic E-state index is 12.7. The molecule has 1 fully saturated rings. The van der Waals surface area contributed by atoms with Gasteiger partial charge in [-0.15, -0.1) is 0 Å². The van der Waals surface area contributed by atoms with Gasteiger partial charge < -0.3 is 18.7 Å². The minimum Gasteiger partial charge on any atom is -0.460 e. The molecule has 1 aliphatic carbocycles. The van der Waals surface area contributed by atoms with Gasteiger partial charge in [0.25, 0.3) is 0 Å². The molecule has 188 valence electrons. The molecule has 5 nitrogen and oxygen atoms in total. The summed E-state index contributed by atoms with van der Waals surface area (Å²) in [7, 11) is -4.21. The van der Waals surface area contributed by atoms with E-state index in [-0.39, 0.29) is 28.7 Å². The molecule has 0 amide bonds. The van der Waals surface area contributed by atoms with Crippen LogP contribution in [0.4, 0.5) is 0 Å². The van der Waals surface area contributed by atoms with Crippen LogP contribution in [-0.2, 0) is 18.4 Å². The van der Waals surface area contributed by atoms with Crippen LogP contribution in [0, 0.1) is 0 Å². The largest absolute Gasteiger partial charge is 0.460 e. The number of ether oxygens (including phenoxy) is 1. The first-order valence-electron chi connectivity index (χ1n) is 11.9. The molecule has 0 aliphatic heterocycles. The van der Waals surface area contributed by atoms with Crippen LogP contribution in [0.25, 0.3) is 0 Å². The van der Waals surface area contributed by atoms with Gasteiger partial charge in [-0.3, -0.25) is 4.79 Å². The number of rotatable bonds is 6. The molecule has 1 aliphatic rings. The summed E-state index contributed by atoms with van der Waals surface area (Å²) in [5.41, 5.74) is -1.46. The van der Waals surface area contributed by atoms with Crippen molar-refractivity contribution >= 4 is 22.6 Å². The number of carbonyl (C=O) groups is 1. The molecule has 0 aromatic rings. The zero-order chi connectivity index (χ0) is 25.6. The molecule has 1 rings (SSSR count). The Hall–Kier alpha value is -0.476. The smallest absolute Gasteiger partial charge is 0.309 e. The van der Waals surface area contributed by atoms with Crippen molar-refractivity contribution in [3.05, 3.63) is 12.2 Å². The standard InChI is InChI=1S/C25H50O5Si2/c1-18-20(30-32(13,14)24(8,9)10)15-19(29-31(11,12)23(5,6)7)16-25(18,27)17-21(26)28-22(2,3)4/h19-20,27H,1,15-17H2,2-14H3/t19-,20-,25?/m0/s1. The highest BCUT2D eigenvalue weighted by Crippen LogP contribution is 2.46. The normalized spacial score (nSPS) is 26.2. The lowest BCUT2D eigenvalue weighted by atomic mass is 9.76. The van der Waals surface area contributed by atoms with Crippen LogP contribution >= 0.6 is 0 Å². The van der Waals surface area contributed by atoms with Gasteiger partial charge in [-0.1, -0.05) is 48.1 Å². The minimum absolute atomic E-state index is 0.0177. The summed E-state index contributed by atoms with van der Waals surface area (Å²) in [5, 5.41) is 11.8. The predicted octanol–water partition coefficient (Wildman–Crippen LogP) is 6.58. The monoisotopic (exact) mass is 486 g/mol. The van der Waals surface area contributed by atoms with Gasteiger partial charge in [0.2, 0.25) is 0 Å². The molecule has 32 heavy (non-hydrogen) atoms. The van der Waals surface area contributed by atoms with Gasteiger partial charge >= 0.3 is 5.97 Å². The Kier molecular flexibility index (Phi) is 8.58. The topological polar surface area (TPSA) is 65.0 Å². The average molecular weight is 487 g/mol. The van der Waals surface area contributed by atoms with E-state index in [1.807, 2.05) is 20.8 Å². The highest BCUT2D eigenvalue weighted by Gasteiger charge is 2.50. The summed E-state index contributed by atoms with van der Waals surface area (Å²) in [5.74, 6) is -0.430. The van der Waals surface area contributed by atoms with Crippen molar-refractivity contribution in [1.82, 2.24) is 0 Å². The van der Waals surface area contributed by atoms with Crippen LogP contribution in [0.2, 0.25) is 36.3 Å². The molecule has 7 heteroatoms. The van der Waals surface area contributed by atoms with Crippen LogP contribution in [0.5, 0.6) is 0 Å². The van der Waals surface area contributed by atoms with E-state index in [2.05, 4.69) is 74.3 Å². The van der Waals surface area contributed by atoms with Crippen molar-refractivity contribution < 1.29 is 23.5 Å². The predicted molar refractivity (Wildman–Crippen MR) is 138 cm³/mol. The van der Waals surface area contributed by atoms with E-state index in [1.54, 1.807) is 0 Å². The third-order valence-corrected chi connectivity index (χ3v) is 16.4. The summed E-state index contributed by atoms with van der Waals surface area (Å²) in [4.78, 5) is 12.7. The molecule has 0 bridgehead atoms. The zero-order valence-electron chi connectivity index (χ0n) is 23.1. The molecular weight excluding hydrogens is 436 g/mol. The number of carbonyl (C=O) groups excluding carboxylic acids is 1. The molecule has 0 radical (unpaired) electrons. The Labute approximate surface area is 199 Å². The van der Waals surface area contributed by atoms with E-state index in [0.717, 1.165) is 0 Å². The first kappa shape index (κ1) is 29.6. The second-order valence-electron chi connectivity index (χ2n) is 13.6. The second kappa shape index (κ2) is 9.29. The molecule has 0 aromatic carbocycles. The molecule has 1 saturated carbocycles. The van der Waals surface area contributed by atoms with Gasteiger partial charge in [0.1, 0.15) is 11.2 Å². The summed E-state index contributed by atoms with van der Waals surface area (Å²) < 4.78 is 19.0. The second-order valence-corrected chi connectivity index (χ2v) is 23.1. The Bertz CT molecular complexity index is 695. The van der Waals surface area contributed by atoms with Gasteiger partial charge in [-0.2, -0.15) is 0 Å². The Morgan fingerprint density at radius 2 is 1.41 bits per heavy atom. The molecular formula is C25H50O5Si2. The van der Waals surface area contributed by atoms with Gasteiger partial charge in [-0.25, -0.2) is 0 Å². The van der Waals surface area contributed by atoms with E-state index in [0.29, 0.717) is 18.4 Å². The van der Waals surface area contributed by atoms with Crippen molar-refractivity contribution in [1.29, 1.82) is 0 Å².